The number of phenols is 1. The average Bonchev–Trinajstić information content (AvgIpc) is 2.50. The van der Waals surface area contributed by atoms with E-state index >= 15 is 0 Å². The van der Waals surface area contributed by atoms with Gasteiger partial charge < -0.3 is 19.8 Å². The summed E-state index contributed by atoms with van der Waals surface area (Å²) < 4.78 is 6.06. The van der Waals surface area contributed by atoms with Gasteiger partial charge in [0.25, 0.3) is 0 Å². The fraction of sp³-hybridized carbons (Fsp3) is 0.647. The first kappa shape index (κ1) is 18.2. The first-order valence-electron chi connectivity index (χ1n) is 8.00. The third-order valence-electron chi connectivity index (χ3n) is 4.97. The van der Waals surface area contributed by atoms with E-state index in [-0.39, 0.29) is 45.4 Å². The predicted octanol–water partition coefficient (Wildman–Crippen LogP) is 2.84. The number of unbranched alkanes of at least 4 members (excludes halogenated alkanes) is 1. The van der Waals surface area contributed by atoms with Crippen LogP contribution in [-0.4, -0.2) is 36.5 Å². The Kier molecular flexibility index (Phi) is 6.69. The molecular formula is C17H25NO3Y. The molecule has 0 aromatic heterocycles. The quantitative estimate of drug-likeness (QED) is 0.789. The SMILES string of the molecule is CN1c2ccc(O)cc2C2OCCCC2C1CCCCO.[Y]. The number of hydrogen-bond acceptors (Lipinski definition) is 4. The number of ether oxygens (including phenoxy) is 1. The Labute approximate surface area is 157 Å². The number of aliphatic hydroxyl groups excluding tert-OH is 1. The van der Waals surface area contributed by atoms with Gasteiger partial charge in [-0.25, -0.2) is 0 Å². The maximum atomic E-state index is 9.80. The number of benzene rings is 1. The van der Waals surface area contributed by atoms with E-state index in [1.807, 2.05) is 12.1 Å². The van der Waals surface area contributed by atoms with E-state index in [1.165, 1.54) is 12.1 Å². The molecule has 3 unspecified atom stereocenters. The third kappa shape index (κ3) is 3.50. The van der Waals surface area contributed by atoms with Crippen LogP contribution >= 0.6 is 0 Å². The van der Waals surface area contributed by atoms with Gasteiger partial charge in [-0.1, -0.05) is 0 Å². The number of aliphatic hydroxyl groups is 1. The molecule has 1 fully saturated rings. The molecule has 5 heteroatoms. The summed E-state index contributed by atoms with van der Waals surface area (Å²) in [6.45, 7) is 1.08. The molecule has 1 saturated heterocycles. The first-order chi connectivity index (χ1) is 10.2. The second-order valence-corrected chi connectivity index (χ2v) is 6.24. The van der Waals surface area contributed by atoms with Gasteiger partial charge in [0.15, 0.2) is 0 Å². The van der Waals surface area contributed by atoms with Crippen molar-refractivity contribution >= 4 is 5.69 Å². The molecule has 0 aliphatic carbocycles. The van der Waals surface area contributed by atoms with Crippen molar-refractivity contribution in [2.75, 3.05) is 25.2 Å². The Morgan fingerprint density at radius 1 is 1.32 bits per heavy atom. The molecule has 2 aliphatic rings. The van der Waals surface area contributed by atoms with Gasteiger partial charge >= 0.3 is 0 Å². The van der Waals surface area contributed by atoms with Crippen molar-refractivity contribution in [3.8, 4) is 5.75 Å². The largest absolute Gasteiger partial charge is 0.508 e. The van der Waals surface area contributed by atoms with Crippen LogP contribution in [0.5, 0.6) is 5.75 Å². The summed E-state index contributed by atoms with van der Waals surface area (Å²) in [6.07, 6.45) is 5.39. The van der Waals surface area contributed by atoms with E-state index in [1.54, 1.807) is 6.07 Å². The van der Waals surface area contributed by atoms with Gasteiger partial charge in [0.2, 0.25) is 0 Å². The Balaban J connectivity index is 0.00000176. The number of phenolic OH excluding ortho intramolecular Hbond substituents is 1. The van der Waals surface area contributed by atoms with Crippen molar-refractivity contribution < 1.29 is 47.7 Å². The van der Waals surface area contributed by atoms with Crippen LogP contribution in [0, 0.1) is 5.92 Å². The molecular weight excluding hydrogens is 355 g/mol. The summed E-state index contributed by atoms with van der Waals surface area (Å²) in [4.78, 5) is 2.35. The molecule has 1 aromatic carbocycles. The molecule has 1 radical (unpaired) electrons. The Bertz CT molecular complexity index is 497. The van der Waals surface area contributed by atoms with Crippen molar-refractivity contribution in [2.45, 2.75) is 44.2 Å². The first-order valence-corrected chi connectivity index (χ1v) is 8.00. The van der Waals surface area contributed by atoms with Gasteiger partial charge in [-0.3, -0.25) is 0 Å². The van der Waals surface area contributed by atoms with E-state index in [0.717, 1.165) is 37.9 Å². The number of fused-ring (bicyclic) bond motifs is 3. The second-order valence-electron chi connectivity index (χ2n) is 6.24. The monoisotopic (exact) mass is 380 g/mol. The second kappa shape index (κ2) is 8.09. The third-order valence-corrected chi connectivity index (χ3v) is 4.97. The molecule has 0 spiro atoms. The summed E-state index contributed by atoms with van der Waals surface area (Å²) in [5.74, 6) is 0.797. The average molecular weight is 380 g/mol. The van der Waals surface area contributed by atoms with Crippen LogP contribution in [0.2, 0.25) is 0 Å². The number of aromatic hydroxyl groups is 1. The molecule has 0 saturated carbocycles. The van der Waals surface area contributed by atoms with Crippen molar-refractivity contribution in [1.29, 1.82) is 0 Å². The molecule has 2 heterocycles. The minimum absolute atomic E-state index is 0. The van der Waals surface area contributed by atoms with Crippen molar-refractivity contribution in [2.24, 2.45) is 5.92 Å². The van der Waals surface area contributed by atoms with Crippen LogP contribution in [-0.2, 0) is 37.4 Å². The molecule has 2 N–H and O–H groups in total. The Hall–Kier alpha value is -0.156. The minimum atomic E-state index is 0. The van der Waals surface area contributed by atoms with Crippen LogP contribution < -0.4 is 4.90 Å². The van der Waals surface area contributed by atoms with Crippen LogP contribution in [0.3, 0.4) is 0 Å². The number of anilines is 1. The Morgan fingerprint density at radius 3 is 2.91 bits per heavy atom. The molecule has 3 atom stereocenters. The normalized spacial score (nSPS) is 26.8. The van der Waals surface area contributed by atoms with Gasteiger partial charge in [-0.15, -0.1) is 0 Å². The summed E-state index contributed by atoms with van der Waals surface area (Å²) >= 11 is 0. The van der Waals surface area contributed by atoms with Crippen molar-refractivity contribution in [3.05, 3.63) is 23.8 Å². The van der Waals surface area contributed by atoms with Gasteiger partial charge in [0, 0.05) is 76.2 Å². The van der Waals surface area contributed by atoms with Crippen molar-refractivity contribution in [1.82, 2.24) is 0 Å². The zero-order valence-corrected chi connectivity index (χ0v) is 16.1. The van der Waals surface area contributed by atoms with Gasteiger partial charge in [-0.05, 0) is 50.3 Å². The van der Waals surface area contributed by atoms with E-state index in [2.05, 4.69) is 11.9 Å². The van der Waals surface area contributed by atoms with Gasteiger partial charge in [-0.2, -0.15) is 0 Å². The zero-order valence-electron chi connectivity index (χ0n) is 13.2. The molecule has 1 aromatic rings. The smallest absolute Gasteiger partial charge is 0.116 e. The molecule has 22 heavy (non-hydrogen) atoms. The molecule has 3 rings (SSSR count). The molecule has 0 bridgehead atoms. The summed E-state index contributed by atoms with van der Waals surface area (Å²) in [5, 5.41) is 18.8. The van der Waals surface area contributed by atoms with Crippen LogP contribution in [0.1, 0.15) is 43.8 Å². The summed E-state index contributed by atoms with van der Waals surface area (Å²) in [6, 6.07) is 6.07. The molecule has 2 aliphatic heterocycles. The molecule has 4 nitrogen and oxygen atoms in total. The van der Waals surface area contributed by atoms with Crippen LogP contribution in [0.25, 0.3) is 0 Å². The van der Waals surface area contributed by atoms with Crippen molar-refractivity contribution in [3.63, 3.8) is 0 Å². The summed E-state index contributed by atoms with van der Waals surface area (Å²) in [5.41, 5.74) is 2.30. The fourth-order valence-electron chi connectivity index (χ4n) is 3.95. The van der Waals surface area contributed by atoms with E-state index in [9.17, 15) is 5.11 Å². The van der Waals surface area contributed by atoms with Crippen LogP contribution in [0.4, 0.5) is 5.69 Å². The zero-order chi connectivity index (χ0) is 14.8. The fourth-order valence-corrected chi connectivity index (χ4v) is 3.95. The maximum absolute atomic E-state index is 9.80. The standard InChI is InChI=1S/C17H25NO3.Y/c1-18-15(6-2-3-9-19)13-5-4-10-21-17(13)14-11-12(20)7-8-16(14)18;/h7-8,11,13,15,17,19-20H,2-6,9-10H2,1H3;. The van der Waals surface area contributed by atoms with Gasteiger partial charge in [0.05, 0.1) is 6.10 Å². The van der Waals surface area contributed by atoms with E-state index in [0.29, 0.717) is 17.7 Å². The van der Waals surface area contributed by atoms with E-state index in [4.69, 9.17) is 9.84 Å². The molecule has 119 valence electrons. The Morgan fingerprint density at radius 2 is 2.14 bits per heavy atom. The number of nitrogens with zero attached hydrogens (tertiary/aromatic N) is 1. The molecule has 0 amide bonds. The maximum Gasteiger partial charge on any atom is 0.116 e. The topological polar surface area (TPSA) is 52.9 Å². The van der Waals surface area contributed by atoms with Crippen LogP contribution in [0.15, 0.2) is 18.2 Å². The minimum Gasteiger partial charge on any atom is -0.508 e. The predicted molar refractivity (Wildman–Crippen MR) is 82.7 cm³/mol. The van der Waals surface area contributed by atoms with E-state index < -0.39 is 0 Å². The van der Waals surface area contributed by atoms with Gasteiger partial charge in [0.1, 0.15) is 5.75 Å². The summed E-state index contributed by atoms with van der Waals surface area (Å²) in [7, 11) is 2.14. The number of rotatable bonds is 4. The number of hydrogen-bond donors (Lipinski definition) is 2.